The predicted octanol–water partition coefficient (Wildman–Crippen LogP) is 2.77. The van der Waals surface area contributed by atoms with Gasteiger partial charge in [0.2, 0.25) is 0 Å². The van der Waals surface area contributed by atoms with Gasteiger partial charge in [-0.3, -0.25) is 0 Å². The predicted molar refractivity (Wildman–Crippen MR) is 112 cm³/mol. The zero-order chi connectivity index (χ0) is 21.9. The highest BCUT2D eigenvalue weighted by molar-refractivity contribution is 7.90. The fraction of sp³-hybridized carbons (Fsp3) is 0.368. The average Bonchev–Trinajstić information content (AvgIpc) is 3.03. The van der Waals surface area contributed by atoms with E-state index in [4.69, 9.17) is 10.5 Å². The summed E-state index contributed by atoms with van der Waals surface area (Å²) in [4.78, 5) is 24.5. The molecule has 1 atom stereocenters. The number of nitrogen functional groups attached to an aromatic ring is 1. The fourth-order valence-electron chi connectivity index (χ4n) is 3.40. The molecule has 0 radical (unpaired) electrons. The fourth-order valence-corrected chi connectivity index (χ4v) is 5.63. The van der Waals surface area contributed by atoms with E-state index in [1.54, 1.807) is 25.1 Å². The van der Waals surface area contributed by atoms with Crippen LogP contribution in [0.3, 0.4) is 0 Å². The number of carboxylic acid groups (broad SMARTS) is 1. The minimum absolute atomic E-state index is 0.00461. The van der Waals surface area contributed by atoms with Gasteiger partial charge in [-0.1, -0.05) is 18.2 Å². The molecule has 0 bridgehead atoms. The van der Waals surface area contributed by atoms with Crippen LogP contribution in [-0.2, 0) is 21.3 Å². The number of hydrogen-bond acceptors (Lipinski definition) is 7. The number of carbonyl (C=O) groups is 2. The smallest absolute Gasteiger partial charge is 0.339 e. The molecule has 2 aromatic rings. The molecule has 1 fully saturated rings. The summed E-state index contributed by atoms with van der Waals surface area (Å²) in [6, 6.07) is 5.38. The molecular formula is C19H23N3O6S2. The Kier molecular flexibility index (Phi) is 6.64. The molecule has 11 heteroatoms. The monoisotopic (exact) mass is 453 g/mol. The van der Waals surface area contributed by atoms with Gasteiger partial charge in [0.05, 0.1) is 23.1 Å². The van der Waals surface area contributed by atoms with Crippen molar-refractivity contribution in [3.63, 3.8) is 0 Å². The van der Waals surface area contributed by atoms with Crippen LogP contribution >= 0.6 is 11.3 Å². The normalized spacial score (nSPS) is 16.8. The molecular weight excluding hydrogens is 430 g/mol. The van der Waals surface area contributed by atoms with Gasteiger partial charge in [0, 0.05) is 17.0 Å². The summed E-state index contributed by atoms with van der Waals surface area (Å²) in [7, 11) is -4.04. The standard InChI is InChI=1S/C19H23N3O6S2/c1-11-6-2-3-8-14(11)30(26,27)22-19(25)21-10-13-15(12-7-4-5-9-28-12)16(18(23)24)17(20)29-13/h2-3,6,8,12H,4-5,7,9-10,20H2,1H3,(H,23,24)(H2,21,22,25). The lowest BCUT2D eigenvalue weighted by atomic mass is 9.97. The number of carbonyl (C=O) groups excluding carboxylic acids is 1. The van der Waals surface area contributed by atoms with E-state index < -0.39 is 28.1 Å². The van der Waals surface area contributed by atoms with E-state index in [0.29, 0.717) is 29.0 Å². The number of aryl methyl sites for hydroxylation is 1. The van der Waals surface area contributed by atoms with Gasteiger partial charge in [0.25, 0.3) is 10.0 Å². The Bertz CT molecular complexity index is 1060. The van der Waals surface area contributed by atoms with Crippen molar-refractivity contribution in [1.82, 2.24) is 10.0 Å². The second kappa shape index (κ2) is 9.02. The average molecular weight is 454 g/mol. The van der Waals surface area contributed by atoms with Gasteiger partial charge in [-0.2, -0.15) is 0 Å². The Balaban J connectivity index is 1.77. The minimum Gasteiger partial charge on any atom is -0.478 e. The van der Waals surface area contributed by atoms with Crippen LogP contribution in [0.2, 0.25) is 0 Å². The van der Waals surface area contributed by atoms with Crippen LogP contribution in [0.4, 0.5) is 9.80 Å². The number of nitrogens with two attached hydrogens (primary N) is 1. The Morgan fingerprint density at radius 1 is 1.30 bits per heavy atom. The lowest BCUT2D eigenvalue weighted by Gasteiger charge is -2.24. The first-order valence-corrected chi connectivity index (χ1v) is 11.6. The molecule has 0 aliphatic carbocycles. The largest absolute Gasteiger partial charge is 0.478 e. The number of sulfonamides is 1. The summed E-state index contributed by atoms with van der Waals surface area (Å²) in [6.07, 6.45) is 2.01. The lowest BCUT2D eigenvalue weighted by Crippen LogP contribution is -2.39. The molecule has 3 rings (SSSR count). The molecule has 9 nitrogen and oxygen atoms in total. The van der Waals surface area contributed by atoms with E-state index in [9.17, 15) is 23.1 Å². The highest BCUT2D eigenvalue weighted by atomic mass is 32.2. The van der Waals surface area contributed by atoms with Gasteiger partial charge in [0.15, 0.2) is 0 Å². The Morgan fingerprint density at radius 2 is 2.03 bits per heavy atom. The SMILES string of the molecule is Cc1ccccc1S(=O)(=O)NC(=O)NCc1sc(N)c(C(=O)O)c1C1CCCCO1. The molecule has 5 N–H and O–H groups in total. The molecule has 30 heavy (non-hydrogen) atoms. The molecule has 1 aromatic heterocycles. The zero-order valence-electron chi connectivity index (χ0n) is 16.3. The summed E-state index contributed by atoms with van der Waals surface area (Å²) in [6.45, 7) is 2.07. The highest BCUT2D eigenvalue weighted by Gasteiger charge is 2.30. The van der Waals surface area contributed by atoms with Crippen LogP contribution in [0.25, 0.3) is 0 Å². The molecule has 1 unspecified atom stereocenters. The van der Waals surface area contributed by atoms with Crippen LogP contribution in [-0.4, -0.2) is 32.1 Å². The van der Waals surface area contributed by atoms with E-state index in [0.717, 1.165) is 24.2 Å². The van der Waals surface area contributed by atoms with Crippen LogP contribution < -0.4 is 15.8 Å². The van der Waals surface area contributed by atoms with E-state index in [-0.39, 0.29) is 22.0 Å². The second-order valence-electron chi connectivity index (χ2n) is 6.89. The third kappa shape index (κ3) is 4.74. The van der Waals surface area contributed by atoms with Crippen molar-refractivity contribution in [2.45, 2.75) is 43.7 Å². The topological polar surface area (TPSA) is 148 Å². The maximum atomic E-state index is 12.4. The van der Waals surface area contributed by atoms with Gasteiger partial charge in [0.1, 0.15) is 5.00 Å². The van der Waals surface area contributed by atoms with E-state index in [1.165, 1.54) is 6.07 Å². The van der Waals surface area contributed by atoms with Crippen molar-refractivity contribution < 1.29 is 27.9 Å². The van der Waals surface area contributed by atoms with Crippen LogP contribution in [0.1, 0.15) is 51.7 Å². The quantitative estimate of drug-likeness (QED) is 0.525. The number of anilines is 1. The molecule has 0 saturated carbocycles. The number of nitrogens with one attached hydrogen (secondary N) is 2. The van der Waals surface area contributed by atoms with Crippen LogP contribution in [0.15, 0.2) is 29.2 Å². The molecule has 2 amide bonds. The number of aromatic carboxylic acids is 1. The maximum absolute atomic E-state index is 12.4. The van der Waals surface area contributed by atoms with Crippen LogP contribution in [0, 0.1) is 6.92 Å². The number of carboxylic acids is 1. The zero-order valence-corrected chi connectivity index (χ0v) is 17.9. The van der Waals surface area contributed by atoms with Crippen molar-refractivity contribution in [3.05, 3.63) is 45.8 Å². The Morgan fingerprint density at radius 3 is 2.67 bits per heavy atom. The highest BCUT2D eigenvalue weighted by Crippen LogP contribution is 2.40. The molecule has 1 saturated heterocycles. The van der Waals surface area contributed by atoms with Crippen molar-refractivity contribution >= 4 is 38.4 Å². The number of rotatable bonds is 6. The first-order valence-electron chi connectivity index (χ1n) is 9.33. The molecule has 162 valence electrons. The van der Waals surface area contributed by atoms with Gasteiger partial charge < -0.3 is 20.9 Å². The van der Waals surface area contributed by atoms with Crippen molar-refractivity contribution in [1.29, 1.82) is 0 Å². The second-order valence-corrected chi connectivity index (χ2v) is 9.68. The van der Waals surface area contributed by atoms with Gasteiger partial charge in [-0.05, 0) is 37.8 Å². The molecule has 1 aromatic carbocycles. The summed E-state index contributed by atoms with van der Waals surface area (Å²) in [5.74, 6) is -1.16. The number of ether oxygens (including phenoxy) is 1. The summed E-state index contributed by atoms with van der Waals surface area (Å²) in [5, 5.41) is 12.2. The number of amides is 2. The number of benzene rings is 1. The number of thiophene rings is 1. The molecule has 0 spiro atoms. The minimum atomic E-state index is -4.04. The molecule has 2 heterocycles. The summed E-state index contributed by atoms with van der Waals surface area (Å²) in [5.41, 5.74) is 6.85. The number of urea groups is 1. The first-order chi connectivity index (χ1) is 14.2. The lowest BCUT2D eigenvalue weighted by molar-refractivity contribution is 0.0137. The summed E-state index contributed by atoms with van der Waals surface area (Å²) >= 11 is 1.05. The molecule has 1 aliphatic rings. The third-order valence-electron chi connectivity index (χ3n) is 4.78. The van der Waals surface area contributed by atoms with Crippen molar-refractivity contribution in [2.24, 2.45) is 0 Å². The van der Waals surface area contributed by atoms with E-state index >= 15 is 0 Å². The van der Waals surface area contributed by atoms with E-state index in [2.05, 4.69) is 5.32 Å². The Labute approximate surface area is 178 Å². The maximum Gasteiger partial charge on any atom is 0.339 e. The van der Waals surface area contributed by atoms with Crippen molar-refractivity contribution in [3.8, 4) is 0 Å². The Hall–Kier alpha value is -2.63. The van der Waals surface area contributed by atoms with Gasteiger partial charge in [-0.15, -0.1) is 11.3 Å². The first kappa shape index (κ1) is 22.1. The van der Waals surface area contributed by atoms with Crippen LogP contribution in [0.5, 0.6) is 0 Å². The molecule has 1 aliphatic heterocycles. The summed E-state index contributed by atoms with van der Waals surface area (Å²) < 4.78 is 32.6. The number of hydrogen-bond donors (Lipinski definition) is 4. The van der Waals surface area contributed by atoms with Gasteiger partial charge in [-0.25, -0.2) is 22.7 Å². The van der Waals surface area contributed by atoms with Gasteiger partial charge >= 0.3 is 12.0 Å². The third-order valence-corrected chi connectivity index (χ3v) is 7.31. The van der Waals surface area contributed by atoms with E-state index in [1.807, 2.05) is 4.72 Å². The van der Waals surface area contributed by atoms with Crippen molar-refractivity contribution in [2.75, 3.05) is 12.3 Å².